The van der Waals surface area contributed by atoms with Crippen LogP contribution in [0, 0.1) is 0 Å². The molecular weight excluding hydrogens is 316 g/mol. The Morgan fingerprint density at radius 2 is 2.00 bits per heavy atom. The molecule has 0 unspecified atom stereocenters. The van der Waals surface area contributed by atoms with Gasteiger partial charge in [-0.05, 0) is 12.0 Å². The number of carbonyl (C=O) groups is 1. The van der Waals surface area contributed by atoms with Crippen LogP contribution in [0.2, 0.25) is 0 Å². The fraction of sp³-hybridized carbons (Fsp3) is 0.467. The summed E-state index contributed by atoms with van der Waals surface area (Å²) >= 11 is 1.31. The molecule has 0 spiro atoms. The van der Waals surface area contributed by atoms with Gasteiger partial charge in [0.2, 0.25) is 5.91 Å². The molecule has 2 aromatic rings. The number of thioether (sulfide) groups is 1. The fourth-order valence-corrected chi connectivity index (χ4v) is 3.45. The normalized spacial score (nSPS) is 11.0. The quantitative estimate of drug-likeness (QED) is 0.800. The maximum Gasteiger partial charge on any atom is 0.332 e. The Kier molecular flexibility index (Phi) is 5.25. The summed E-state index contributed by atoms with van der Waals surface area (Å²) in [6, 6.07) is 0. The van der Waals surface area contributed by atoms with Crippen LogP contribution in [0.25, 0.3) is 11.0 Å². The van der Waals surface area contributed by atoms with E-state index in [-0.39, 0.29) is 17.2 Å². The van der Waals surface area contributed by atoms with E-state index >= 15 is 0 Å². The molecule has 2 rings (SSSR count). The molecule has 0 saturated carbocycles. The molecule has 2 aromatic heterocycles. The summed E-state index contributed by atoms with van der Waals surface area (Å²) < 4.78 is 2.43. The first-order chi connectivity index (χ1) is 10.9. The van der Waals surface area contributed by atoms with Crippen molar-refractivity contribution >= 4 is 28.7 Å². The fourth-order valence-electron chi connectivity index (χ4n) is 2.36. The Balaban J connectivity index is 2.77. The molecule has 2 heterocycles. The van der Waals surface area contributed by atoms with E-state index in [4.69, 9.17) is 0 Å². The zero-order valence-electron chi connectivity index (χ0n) is 13.7. The molecular formula is C15H20N4O3S. The highest BCUT2D eigenvalue weighted by Crippen LogP contribution is 2.28. The highest BCUT2D eigenvalue weighted by atomic mass is 32.2. The van der Waals surface area contributed by atoms with Gasteiger partial charge in [-0.15, -0.1) is 11.8 Å². The van der Waals surface area contributed by atoms with E-state index in [0.29, 0.717) is 11.0 Å². The van der Waals surface area contributed by atoms with E-state index in [1.807, 2.05) is 6.92 Å². The van der Waals surface area contributed by atoms with Crippen LogP contribution in [0.4, 0.5) is 0 Å². The van der Waals surface area contributed by atoms with Crippen molar-refractivity contribution in [1.29, 1.82) is 0 Å². The van der Waals surface area contributed by atoms with Gasteiger partial charge in [-0.1, -0.05) is 13.3 Å². The van der Waals surface area contributed by atoms with Crippen LogP contribution in [0.15, 0.2) is 20.7 Å². The van der Waals surface area contributed by atoms with Crippen molar-refractivity contribution in [2.75, 3.05) is 12.8 Å². The van der Waals surface area contributed by atoms with E-state index in [2.05, 4.69) is 10.3 Å². The van der Waals surface area contributed by atoms with Crippen LogP contribution < -0.4 is 16.6 Å². The second-order valence-corrected chi connectivity index (χ2v) is 6.21. The lowest BCUT2D eigenvalue weighted by atomic mass is 10.1. The lowest BCUT2D eigenvalue weighted by Crippen LogP contribution is -2.37. The molecule has 7 nitrogen and oxygen atoms in total. The summed E-state index contributed by atoms with van der Waals surface area (Å²) in [6.07, 6.45) is 3.34. The molecule has 1 amide bonds. The lowest BCUT2D eigenvalue weighted by Gasteiger charge is -2.13. The molecule has 0 aliphatic carbocycles. The molecule has 23 heavy (non-hydrogen) atoms. The zero-order chi connectivity index (χ0) is 17.1. The largest absolute Gasteiger partial charge is 0.358 e. The van der Waals surface area contributed by atoms with E-state index in [1.165, 1.54) is 23.4 Å². The number of amides is 1. The first-order valence-electron chi connectivity index (χ1n) is 7.33. The Labute approximate surface area is 137 Å². The predicted octanol–water partition coefficient (Wildman–Crippen LogP) is 0.423. The predicted molar refractivity (Wildman–Crippen MR) is 91.0 cm³/mol. The molecule has 124 valence electrons. The van der Waals surface area contributed by atoms with E-state index in [9.17, 15) is 14.4 Å². The zero-order valence-corrected chi connectivity index (χ0v) is 14.5. The molecule has 8 heteroatoms. The van der Waals surface area contributed by atoms with Crippen LogP contribution in [0.1, 0.15) is 18.9 Å². The monoisotopic (exact) mass is 336 g/mol. The minimum absolute atomic E-state index is 0.121. The summed E-state index contributed by atoms with van der Waals surface area (Å²) in [5.74, 6) is 0.0854. The maximum absolute atomic E-state index is 12.6. The average Bonchev–Trinajstić information content (AvgIpc) is 2.56. The van der Waals surface area contributed by atoms with Crippen LogP contribution in [-0.2, 0) is 25.3 Å². The SMILES string of the molecule is CCCc1cnc2c(c1SCC(=O)NC)c(=O)n(C)c(=O)n2C. The molecule has 0 bridgehead atoms. The van der Waals surface area contributed by atoms with Gasteiger partial charge >= 0.3 is 5.69 Å². The van der Waals surface area contributed by atoms with Crippen molar-refractivity contribution in [2.24, 2.45) is 14.1 Å². The molecule has 0 saturated heterocycles. The van der Waals surface area contributed by atoms with Crippen LogP contribution >= 0.6 is 11.8 Å². The van der Waals surface area contributed by atoms with Crippen molar-refractivity contribution in [3.8, 4) is 0 Å². The molecule has 0 fully saturated rings. The van der Waals surface area contributed by atoms with Gasteiger partial charge in [-0.25, -0.2) is 9.78 Å². The van der Waals surface area contributed by atoms with Crippen molar-refractivity contribution in [3.63, 3.8) is 0 Å². The lowest BCUT2D eigenvalue weighted by molar-refractivity contribution is -0.118. The van der Waals surface area contributed by atoms with Gasteiger partial charge < -0.3 is 5.32 Å². The number of aryl methyl sites for hydroxylation is 2. The third kappa shape index (κ3) is 3.17. The van der Waals surface area contributed by atoms with E-state index in [0.717, 1.165) is 27.9 Å². The summed E-state index contributed by atoms with van der Waals surface area (Å²) in [7, 11) is 4.61. The Bertz CT molecular complexity index is 870. The summed E-state index contributed by atoms with van der Waals surface area (Å²) in [5, 5.41) is 2.96. The van der Waals surface area contributed by atoms with E-state index < -0.39 is 5.69 Å². The number of nitrogens with one attached hydrogen (secondary N) is 1. The first kappa shape index (κ1) is 17.3. The second kappa shape index (κ2) is 6.99. The number of carbonyl (C=O) groups excluding carboxylic acids is 1. The maximum atomic E-state index is 12.6. The number of nitrogens with zero attached hydrogens (tertiary/aromatic N) is 3. The van der Waals surface area contributed by atoms with Gasteiger partial charge in [0, 0.05) is 32.2 Å². The number of hydrogen-bond acceptors (Lipinski definition) is 5. The molecule has 0 atom stereocenters. The first-order valence-corrected chi connectivity index (χ1v) is 8.31. The Hall–Kier alpha value is -2.09. The molecule has 0 aromatic carbocycles. The van der Waals surface area contributed by atoms with Crippen LogP contribution in [0.3, 0.4) is 0 Å². The van der Waals surface area contributed by atoms with Crippen molar-refractivity contribution < 1.29 is 4.79 Å². The van der Waals surface area contributed by atoms with Crippen LogP contribution in [-0.4, -0.2) is 32.8 Å². The second-order valence-electron chi connectivity index (χ2n) is 5.23. The number of pyridine rings is 1. The Morgan fingerprint density at radius 3 is 2.61 bits per heavy atom. The summed E-state index contributed by atoms with van der Waals surface area (Å²) in [6.45, 7) is 2.04. The summed E-state index contributed by atoms with van der Waals surface area (Å²) in [4.78, 5) is 41.3. The van der Waals surface area contributed by atoms with Crippen molar-refractivity contribution in [2.45, 2.75) is 24.7 Å². The average molecular weight is 336 g/mol. The van der Waals surface area contributed by atoms with Gasteiger partial charge in [0.15, 0.2) is 0 Å². The van der Waals surface area contributed by atoms with E-state index in [1.54, 1.807) is 20.3 Å². The van der Waals surface area contributed by atoms with Crippen LogP contribution in [0.5, 0.6) is 0 Å². The van der Waals surface area contributed by atoms with Gasteiger partial charge in [-0.2, -0.15) is 0 Å². The molecule has 0 aliphatic heterocycles. The third-order valence-corrected chi connectivity index (χ3v) is 4.80. The highest BCUT2D eigenvalue weighted by Gasteiger charge is 2.18. The standard InChI is InChI=1S/C15H20N4O3S/c1-5-6-9-7-17-13-11(12(9)23-8-10(20)16-2)14(21)19(4)15(22)18(13)3/h7H,5-6,8H2,1-4H3,(H,16,20). The number of hydrogen-bond donors (Lipinski definition) is 1. The number of fused-ring (bicyclic) bond motifs is 1. The molecule has 0 aliphatic rings. The third-order valence-electron chi connectivity index (χ3n) is 3.64. The summed E-state index contributed by atoms with van der Waals surface area (Å²) in [5.41, 5.74) is 0.468. The minimum atomic E-state index is -0.416. The van der Waals surface area contributed by atoms with Gasteiger partial charge in [-0.3, -0.25) is 18.7 Å². The van der Waals surface area contributed by atoms with Gasteiger partial charge in [0.25, 0.3) is 5.56 Å². The Morgan fingerprint density at radius 1 is 1.30 bits per heavy atom. The van der Waals surface area contributed by atoms with Crippen molar-refractivity contribution in [1.82, 2.24) is 19.4 Å². The highest BCUT2D eigenvalue weighted by molar-refractivity contribution is 8.00. The number of rotatable bonds is 5. The topological polar surface area (TPSA) is 86.0 Å². The molecule has 1 N–H and O–H groups in total. The number of aromatic nitrogens is 3. The molecule has 0 radical (unpaired) electrons. The smallest absolute Gasteiger partial charge is 0.332 e. The van der Waals surface area contributed by atoms with Crippen molar-refractivity contribution in [3.05, 3.63) is 32.6 Å². The minimum Gasteiger partial charge on any atom is -0.358 e. The van der Waals surface area contributed by atoms with Gasteiger partial charge in [0.05, 0.1) is 11.1 Å². The van der Waals surface area contributed by atoms with Gasteiger partial charge in [0.1, 0.15) is 5.65 Å².